The van der Waals surface area contributed by atoms with Gasteiger partial charge in [-0.1, -0.05) is 0 Å². The van der Waals surface area contributed by atoms with Crippen molar-refractivity contribution < 1.29 is 9.18 Å². The first-order valence-electron chi connectivity index (χ1n) is 5.68. The van der Waals surface area contributed by atoms with Crippen LogP contribution in [0, 0.1) is 5.82 Å². The summed E-state index contributed by atoms with van der Waals surface area (Å²) < 4.78 is 21.8. The van der Waals surface area contributed by atoms with Crippen molar-refractivity contribution in [3.8, 4) is 0 Å². The molecule has 2 rings (SSSR count). The van der Waals surface area contributed by atoms with Gasteiger partial charge in [-0.3, -0.25) is 0 Å². The Morgan fingerprint density at radius 2 is 2.22 bits per heavy atom. The zero-order valence-corrected chi connectivity index (χ0v) is 13.3. The minimum absolute atomic E-state index is 0.168. The van der Waals surface area contributed by atoms with Crippen molar-refractivity contribution in [1.82, 2.24) is 10.6 Å². The molecule has 0 fully saturated rings. The predicted molar refractivity (Wildman–Crippen MR) is 70.0 cm³/mol. The fraction of sp³-hybridized carbons (Fsp3) is 0.167. The zero-order valence-electron chi connectivity index (χ0n) is 9.98. The molecule has 0 saturated heterocycles. The van der Waals surface area contributed by atoms with Crippen LogP contribution in [0.5, 0.6) is 0 Å². The molecule has 1 aromatic rings. The van der Waals surface area contributed by atoms with Gasteiger partial charge in [-0.05, 0) is 0 Å². The number of benzene rings is 1. The summed E-state index contributed by atoms with van der Waals surface area (Å²) in [7, 11) is 0. The van der Waals surface area contributed by atoms with Gasteiger partial charge in [-0.15, -0.1) is 0 Å². The van der Waals surface area contributed by atoms with Crippen molar-refractivity contribution >= 4 is 34.0 Å². The molecular weight excluding hydrogens is 336 g/mol. The number of carbonyl (C=O) groups excluding carboxylic acids is 1. The third-order valence-corrected chi connectivity index (χ3v) is 6.69. The molecule has 0 unspecified atom stereocenters. The van der Waals surface area contributed by atoms with E-state index in [1.54, 1.807) is 24.4 Å². The number of halogens is 1. The molecule has 2 N–H and O–H groups in total. The second-order valence-corrected chi connectivity index (χ2v) is 10.1. The molecule has 92 valence electrons. The summed E-state index contributed by atoms with van der Waals surface area (Å²) in [4.78, 5) is 11.6. The average molecular weight is 349 g/mol. The van der Waals surface area contributed by atoms with Crippen molar-refractivity contribution in [1.29, 1.82) is 0 Å². The summed E-state index contributed by atoms with van der Waals surface area (Å²) in [6.45, 7) is 0.168. The van der Waals surface area contributed by atoms with E-state index in [0.29, 0.717) is 5.56 Å². The van der Waals surface area contributed by atoms with Gasteiger partial charge in [0, 0.05) is 0 Å². The van der Waals surface area contributed by atoms with Crippen molar-refractivity contribution in [2.75, 3.05) is 0 Å². The monoisotopic (exact) mass is 349 g/mol. The average Bonchev–Trinajstić information content (AvgIpc) is 2.74. The van der Waals surface area contributed by atoms with E-state index >= 15 is 0 Å². The van der Waals surface area contributed by atoms with Crippen LogP contribution >= 0.6 is 0 Å². The second-order valence-electron chi connectivity index (χ2n) is 4.04. The number of hydrogen-bond donors (Lipinski definition) is 2. The molecule has 1 aliphatic heterocycles. The first-order chi connectivity index (χ1) is 8.65. The van der Waals surface area contributed by atoms with E-state index in [9.17, 15) is 9.18 Å². The van der Waals surface area contributed by atoms with Gasteiger partial charge < -0.3 is 0 Å². The third kappa shape index (κ3) is 3.60. The summed E-state index contributed by atoms with van der Waals surface area (Å²) in [5.74, 6) is -0.315. The van der Waals surface area contributed by atoms with Crippen LogP contribution in [0.25, 0.3) is 0 Å². The maximum atomic E-state index is 13.3. The molecule has 1 heterocycles. The Labute approximate surface area is 113 Å². The quantitative estimate of drug-likeness (QED) is 0.859. The molecule has 0 aliphatic carbocycles. The van der Waals surface area contributed by atoms with Gasteiger partial charge in [-0.25, -0.2) is 0 Å². The standard InChI is InChI=1S/C11H10FN3O.CH3.In/c1-8(6-13)15-11(16)14-7-9-4-2-3-5-10(9)12;;/h1-6H,7H2,(H2,14,15,16);1H3;/q-1;;+1. The molecule has 0 bridgehead atoms. The Balaban J connectivity index is 1.84. The third-order valence-electron chi connectivity index (χ3n) is 2.52. The number of nitrogens with one attached hydrogen (secondary N) is 2. The van der Waals surface area contributed by atoms with E-state index in [2.05, 4.69) is 18.3 Å². The van der Waals surface area contributed by atoms with Crippen LogP contribution < -0.4 is 10.6 Å². The van der Waals surface area contributed by atoms with E-state index < -0.39 is 21.7 Å². The van der Waals surface area contributed by atoms with E-state index in [1.807, 2.05) is 3.83 Å². The van der Waals surface area contributed by atoms with E-state index in [0.717, 1.165) is 5.70 Å². The van der Waals surface area contributed by atoms with Gasteiger partial charge >= 0.3 is 113 Å². The van der Waals surface area contributed by atoms with Crippen molar-refractivity contribution in [3.05, 3.63) is 45.2 Å². The Morgan fingerprint density at radius 3 is 2.89 bits per heavy atom. The van der Waals surface area contributed by atoms with Crippen LogP contribution in [0.4, 0.5) is 9.18 Å². The molecule has 0 radical (unpaired) electrons. The summed E-state index contributed by atoms with van der Waals surface area (Å²) in [6, 6.07) is 6.03. The molecule has 4 nitrogen and oxygen atoms in total. The number of allylic oxidation sites excluding steroid dienone is 1. The van der Waals surface area contributed by atoms with Crippen LogP contribution in [0.3, 0.4) is 0 Å². The van der Waals surface area contributed by atoms with Crippen LogP contribution in [0.15, 0.2) is 36.8 Å². The number of nitrogens with zero attached hydrogens (tertiary/aromatic N) is 1. The fourth-order valence-corrected chi connectivity index (χ4v) is 4.95. The summed E-state index contributed by atoms with van der Waals surface area (Å²) in [5.41, 5.74) is 1.22. The molecular formula is C12H13FInN3O. The van der Waals surface area contributed by atoms with Gasteiger partial charge in [0.2, 0.25) is 0 Å². The first-order valence-corrected chi connectivity index (χ1v) is 12.4. The van der Waals surface area contributed by atoms with Crippen LogP contribution in [-0.2, 0) is 6.54 Å². The molecule has 1 aliphatic rings. The summed E-state index contributed by atoms with van der Waals surface area (Å²) in [6.07, 6.45) is 1.70. The van der Waals surface area contributed by atoms with Crippen LogP contribution in [-0.4, -0.2) is 34.0 Å². The Kier molecular flexibility index (Phi) is 4.41. The Morgan fingerprint density at radius 1 is 1.44 bits per heavy atom. The Bertz CT molecular complexity index is 516. The molecule has 2 amide bonds. The minimum atomic E-state index is -1.78. The number of urea groups is 1. The van der Waals surface area contributed by atoms with Crippen LogP contribution in [0.1, 0.15) is 5.56 Å². The molecule has 1 aromatic carbocycles. The molecule has 18 heavy (non-hydrogen) atoms. The fourth-order valence-electron chi connectivity index (χ4n) is 1.61. The maximum absolute atomic E-state index is 13.3. The van der Waals surface area contributed by atoms with Gasteiger partial charge in [-0.2, -0.15) is 0 Å². The molecule has 0 atom stereocenters. The van der Waals surface area contributed by atoms with Gasteiger partial charge in [0.05, 0.1) is 0 Å². The predicted octanol–water partition coefficient (Wildman–Crippen LogP) is 1.75. The van der Waals surface area contributed by atoms with Crippen molar-refractivity contribution in [2.24, 2.45) is 2.98 Å². The second kappa shape index (κ2) is 6.04. The first kappa shape index (κ1) is 13.1. The SMILES string of the molecule is [CH3][In]1[CH]=C(NC(=O)NCc2ccccc2F)C=[N]1. The number of rotatable bonds is 3. The number of hydrogen-bond acceptors (Lipinski definition) is 2. The van der Waals surface area contributed by atoms with Crippen molar-refractivity contribution in [2.45, 2.75) is 11.2 Å². The molecule has 6 heteroatoms. The van der Waals surface area contributed by atoms with Crippen molar-refractivity contribution in [3.63, 3.8) is 0 Å². The summed E-state index contributed by atoms with van der Waals surface area (Å²) in [5, 5.41) is 5.30. The molecule has 0 saturated carbocycles. The number of amides is 2. The van der Waals surface area contributed by atoms with Gasteiger partial charge in [0.15, 0.2) is 0 Å². The topological polar surface area (TPSA) is 53.5 Å². The van der Waals surface area contributed by atoms with Crippen LogP contribution in [0.2, 0.25) is 4.68 Å². The Hall–Kier alpha value is -1.30. The van der Waals surface area contributed by atoms with E-state index in [4.69, 9.17) is 0 Å². The van der Waals surface area contributed by atoms with Gasteiger partial charge in [0.25, 0.3) is 0 Å². The van der Waals surface area contributed by atoms with E-state index in [1.165, 1.54) is 6.07 Å². The normalized spacial score (nSPS) is 13.4. The van der Waals surface area contributed by atoms with E-state index in [-0.39, 0.29) is 18.4 Å². The molecule has 0 aromatic heterocycles. The zero-order chi connectivity index (χ0) is 13.0. The number of carbonyl (C=O) groups is 1. The molecule has 0 spiro atoms. The summed E-state index contributed by atoms with van der Waals surface area (Å²) >= 11 is -1.78. The van der Waals surface area contributed by atoms with Gasteiger partial charge in [0.1, 0.15) is 0 Å².